The Morgan fingerprint density at radius 2 is 2.17 bits per heavy atom. The molecule has 2 aromatic rings. The number of nitrogens with zero attached hydrogens (tertiary/aromatic N) is 1. The third-order valence-electron chi connectivity index (χ3n) is 3.75. The van der Waals surface area contributed by atoms with Gasteiger partial charge in [-0.3, -0.25) is 9.59 Å². The van der Waals surface area contributed by atoms with Gasteiger partial charge in [-0.15, -0.1) is 0 Å². The fraction of sp³-hybridized carbons (Fsp3) is 0.312. The Balaban J connectivity index is 2.45. The molecule has 0 unspecified atom stereocenters. The van der Waals surface area contributed by atoms with Crippen LogP contribution in [0.15, 0.2) is 17.1 Å². The Morgan fingerprint density at radius 3 is 2.79 bits per heavy atom. The predicted octanol–water partition coefficient (Wildman–Crippen LogP) is 1.51. The Hall–Kier alpha value is -2.87. The molecule has 1 aliphatic rings. The number of hydrogen-bond donors (Lipinski definition) is 1. The van der Waals surface area contributed by atoms with E-state index in [2.05, 4.69) is 0 Å². The Kier molecular flexibility index (Phi) is 3.98. The van der Waals surface area contributed by atoms with Crippen molar-refractivity contribution in [3.8, 4) is 11.5 Å². The van der Waals surface area contributed by atoms with Gasteiger partial charge in [0, 0.05) is 31.3 Å². The van der Waals surface area contributed by atoms with Gasteiger partial charge in [-0.2, -0.15) is 0 Å². The van der Waals surface area contributed by atoms with Crippen LogP contribution in [0.25, 0.3) is 10.9 Å². The number of aromatic carboxylic acids is 1. The molecule has 0 amide bonds. The van der Waals surface area contributed by atoms with Crippen LogP contribution in [-0.4, -0.2) is 28.4 Å². The first kappa shape index (κ1) is 16.0. The van der Waals surface area contributed by atoms with Crippen LogP contribution in [0.1, 0.15) is 29.8 Å². The number of pyridine rings is 1. The minimum atomic E-state index is -1.31. The molecule has 0 saturated carbocycles. The summed E-state index contributed by atoms with van der Waals surface area (Å²) in [5.74, 6) is -1.43. The molecular formula is C16H15NO7. The highest BCUT2D eigenvalue weighted by Crippen LogP contribution is 2.39. The molecule has 2 heterocycles. The van der Waals surface area contributed by atoms with Crippen molar-refractivity contribution >= 4 is 22.8 Å². The maximum absolute atomic E-state index is 12.6. The number of aromatic nitrogens is 1. The summed E-state index contributed by atoms with van der Waals surface area (Å²) in [7, 11) is 0. The van der Waals surface area contributed by atoms with E-state index in [0.717, 1.165) is 0 Å². The fourth-order valence-electron chi connectivity index (χ4n) is 2.76. The average Bonchev–Trinajstić information content (AvgIpc) is 2.54. The Morgan fingerprint density at radius 1 is 1.42 bits per heavy atom. The molecule has 0 saturated heterocycles. The molecule has 8 nitrogen and oxygen atoms in total. The lowest BCUT2D eigenvalue weighted by Gasteiger charge is -2.23. The molecular weight excluding hydrogens is 318 g/mol. The SMILES string of the molecule is CCn1cc(C(=O)O)c(=O)c2c3c(c(OC(C)=O)cc21)OCOC3. The Labute approximate surface area is 136 Å². The zero-order valence-corrected chi connectivity index (χ0v) is 13.1. The molecule has 0 bridgehead atoms. The van der Waals surface area contributed by atoms with Crippen molar-refractivity contribution in [1.82, 2.24) is 4.57 Å². The van der Waals surface area contributed by atoms with E-state index in [1.54, 1.807) is 4.57 Å². The van der Waals surface area contributed by atoms with Gasteiger partial charge in [0.15, 0.2) is 18.3 Å². The molecule has 8 heteroatoms. The summed E-state index contributed by atoms with van der Waals surface area (Å²) in [5.41, 5.74) is -0.124. The monoisotopic (exact) mass is 333 g/mol. The molecule has 0 spiro atoms. The number of hydrogen-bond acceptors (Lipinski definition) is 6. The van der Waals surface area contributed by atoms with Gasteiger partial charge in [0.05, 0.1) is 17.5 Å². The van der Waals surface area contributed by atoms with Gasteiger partial charge in [0.2, 0.25) is 5.43 Å². The maximum atomic E-state index is 12.6. The standard InChI is InChI=1S/C16H15NO7/c1-3-17-5-9(16(20)21)14(19)13-10-6-22-7-23-15(10)12(4-11(13)17)24-8(2)18/h4-5H,3,6-7H2,1-2H3,(H,20,21). The summed E-state index contributed by atoms with van der Waals surface area (Å²) in [6, 6.07) is 1.51. The van der Waals surface area contributed by atoms with E-state index in [0.29, 0.717) is 17.6 Å². The number of carboxylic acids is 1. The molecule has 1 aliphatic heterocycles. The summed E-state index contributed by atoms with van der Waals surface area (Å²) >= 11 is 0. The molecule has 1 aromatic heterocycles. The van der Waals surface area contributed by atoms with E-state index < -0.39 is 17.4 Å². The molecule has 1 aromatic carbocycles. The summed E-state index contributed by atoms with van der Waals surface area (Å²) in [6.45, 7) is 3.51. The quantitative estimate of drug-likeness (QED) is 0.670. The second-order valence-electron chi connectivity index (χ2n) is 5.24. The minimum Gasteiger partial charge on any atom is -0.477 e. The summed E-state index contributed by atoms with van der Waals surface area (Å²) in [4.78, 5) is 35.3. The van der Waals surface area contributed by atoms with E-state index in [-0.39, 0.29) is 35.8 Å². The van der Waals surface area contributed by atoms with Crippen molar-refractivity contribution in [2.75, 3.05) is 6.79 Å². The number of esters is 1. The van der Waals surface area contributed by atoms with Crippen molar-refractivity contribution in [3.05, 3.63) is 33.6 Å². The van der Waals surface area contributed by atoms with Crippen LogP contribution < -0.4 is 14.9 Å². The van der Waals surface area contributed by atoms with Gasteiger partial charge in [-0.1, -0.05) is 0 Å². The van der Waals surface area contributed by atoms with Crippen LogP contribution >= 0.6 is 0 Å². The number of carbonyl (C=O) groups excluding carboxylic acids is 1. The molecule has 24 heavy (non-hydrogen) atoms. The second-order valence-corrected chi connectivity index (χ2v) is 5.24. The molecule has 0 fully saturated rings. The van der Waals surface area contributed by atoms with Crippen molar-refractivity contribution < 1.29 is 28.9 Å². The third kappa shape index (κ3) is 2.50. The number of rotatable bonds is 3. The van der Waals surface area contributed by atoms with E-state index in [9.17, 15) is 19.5 Å². The Bertz CT molecular complexity index is 913. The van der Waals surface area contributed by atoms with Gasteiger partial charge in [0.1, 0.15) is 5.56 Å². The summed E-state index contributed by atoms with van der Waals surface area (Å²) in [5, 5.41) is 9.47. The first-order chi connectivity index (χ1) is 11.4. The summed E-state index contributed by atoms with van der Waals surface area (Å²) < 4.78 is 17.4. The van der Waals surface area contributed by atoms with E-state index in [4.69, 9.17) is 14.2 Å². The van der Waals surface area contributed by atoms with Crippen LogP contribution in [0.4, 0.5) is 0 Å². The maximum Gasteiger partial charge on any atom is 0.341 e. The molecule has 1 N–H and O–H groups in total. The number of carbonyl (C=O) groups is 2. The van der Waals surface area contributed by atoms with Gasteiger partial charge >= 0.3 is 11.9 Å². The number of ether oxygens (including phenoxy) is 3. The van der Waals surface area contributed by atoms with Crippen LogP contribution in [0, 0.1) is 0 Å². The fourth-order valence-corrected chi connectivity index (χ4v) is 2.76. The summed E-state index contributed by atoms with van der Waals surface area (Å²) in [6.07, 6.45) is 1.28. The zero-order chi connectivity index (χ0) is 17.4. The van der Waals surface area contributed by atoms with Gasteiger partial charge in [-0.25, -0.2) is 4.79 Å². The van der Waals surface area contributed by atoms with Crippen molar-refractivity contribution in [3.63, 3.8) is 0 Å². The molecule has 0 atom stereocenters. The molecule has 3 rings (SSSR count). The van der Waals surface area contributed by atoms with E-state index in [1.165, 1.54) is 19.2 Å². The van der Waals surface area contributed by atoms with Crippen LogP contribution in [0.3, 0.4) is 0 Å². The smallest absolute Gasteiger partial charge is 0.341 e. The van der Waals surface area contributed by atoms with Gasteiger partial charge < -0.3 is 23.9 Å². The van der Waals surface area contributed by atoms with Crippen LogP contribution in [-0.2, 0) is 22.7 Å². The highest BCUT2D eigenvalue weighted by atomic mass is 16.7. The second kappa shape index (κ2) is 5.97. The van der Waals surface area contributed by atoms with E-state index in [1.807, 2.05) is 6.92 Å². The van der Waals surface area contributed by atoms with Gasteiger partial charge in [0.25, 0.3) is 0 Å². The largest absolute Gasteiger partial charge is 0.477 e. The highest BCUT2D eigenvalue weighted by Gasteiger charge is 2.26. The van der Waals surface area contributed by atoms with Crippen LogP contribution in [0.5, 0.6) is 11.5 Å². The number of aryl methyl sites for hydroxylation is 1. The lowest BCUT2D eigenvalue weighted by molar-refractivity contribution is -0.132. The number of carboxylic acid groups (broad SMARTS) is 1. The molecule has 0 radical (unpaired) electrons. The lowest BCUT2D eigenvalue weighted by Crippen LogP contribution is -2.22. The minimum absolute atomic E-state index is 0.0483. The number of benzene rings is 1. The third-order valence-corrected chi connectivity index (χ3v) is 3.75. The first-order valence-electron chi connectivity index (χ1n) is 7.29. The first-order valence-corrected chi connectivity index (χ1v) is 7.29. The average molecular weight is 333 g/mol. The van der Waals surface area contributed by atoms with Gasteiger partial charge in [-0.05, 0) is 6.92 Å². The highest BCUT2D eigenvalue weighted by molar-refractivity contribution is 5.95. The van der Waals surface area contributed by atoms with Crippen molar-refractivity contribution in [2.24, 2.45) is 0 Å². The van der Waals surface area contributed by atoms with Crippen molar-refractivity contribution in [1.29, 1.82) is 0 Å². The molecule has 0 aliphatic carbocycles. The zero-order valence-electron chi connectivity index (χ0n) is 13.1. The lowest BCUT2D eigenvalue weighted by atomic mass is 10.0. The molecule has 126 valence electrons. The number of fused-ring (bicyclic) bond motifs is 3. The predicted molar refractivity (Wildman–Crippen MR) is 82.4 cm³/mol. The van der Waals surface area contributed by atoms with Crippen LogP contribution in [0.2, 0.25) is 0 Å². The van der Waals surface area contributed by atoms with Crippen molar-refractivity contribution in [2.45, 2.75) is 27.0 Å². The normalized spacial score (nSPS) is 13.2. The topological polar surface area (TPSA) is 104 Å². The van der Waals surface area contributed by atoms with E-state index >= 15 is 0 Å².